The summed E-state index contributed by atoms with van der Waals surface area (Å²) >= 11 is 0. The molecule has 1 fully saturated rings. The van der Waals surface area contributed by atoms with Gasteiger partial charge in [0.15, 0.2) is 5.76 Å². The van der Waals surface area contributed by atoms with Crippen molar-refractivity contribution in [2.45, 2.75) is 32.3 Å². The number of piperidine rings is 1. The fourth-order valence-electron chi connectivity index (χ4n) is 3.21. The van der Waals surface area contributed by atoms with E-state index in [9.17, 15) is 4.79 Å². The van der Waals surface area contributed by atoms with Crippen LogP contribution in [0.4, 0.5) is 0 Å². The van der Waals surface area contributed by atoms with Crippen LogP contribution in [0.5, 0.6) is 0 Å². The Balaban J connectivity index is 1.63. The van der Waals surface area contributed by atoms with Gasteiger partial charge in [-0.1, -0.05) is 0 Å². The van der Waals surface area contributed by atoms with E-state index in [-0.39, 0.29) is 5.91 Å². The Morgan fingerprint density at radius 1 is 1.35 bits per heavy atom. The molecule has 3 rings (SSSR count). The van der Waals surface area contributed by atoms with Crippen molar-refractivity contribution in [2.24, 2.45) is 0 Å². The maximum atomic E-state index is 12.4. The van der Waals surface area contributed by atoms with Gasteiger partial charge in [0.1, 0.15) is 5.82 Å². The van der Waals surface area contributed by atoms with E-state index in [0.29, 0.717) is 44.6 Å². The van der Waals surface area contributed by atoms with Gasteiger partial charge in [-0.25, -0.2) is 9.97 Å². The lowest BCUT2D eigenvalue weighted by Crippen LogP contribution is -2.38. The lowest BCUT2D eigenvalue weighted by molar-refractivity contribution is 0.0602. The Kier molecular flexibility index (Phi) is 6.35. The van der Waals surface area contributed by atoms with E-state index < -0.39 is 0 Å². The second-order valence-electron chi connectivity index (χ2n) is 6.42. The largest absolute Gasteiger partial charge is 0.459 e. The molecule has 0 aliphatic carbocycles. The second-order valence-corrected chi connectivity index (χ2v) is 6.42. The van der Waals surface area contributed by atoms with Gasteiger partial charge in [0.25, 0.3) is 5.91 Å². The fraction of sp³-hybridized carbons (Fsp3) is 0.526. The van der Waals surface area contributed by atoms with Crippen molar-refractivity contribution in [3.8, 4) is 0 Å². The van der Waals surface area contributed by atoms with Gasteiger partial charge >= 0.3 is 0 Å². The van der Waals surface area contributed by atoms with E-state index in [4.69, 9.17) is 13.9 Å². The molecule has 2 aromatic rings. The molecule has 26 heavy (non-hydrogen) atoms. The topological polar surface area (TPSA) is 77.7 Å². The van der Waals surface area contributed by atoms with Crippen molar-refractivity contribution in [1.29, 1.82) is 0 Å². The number of carbonyl (C=O) groups is 1. The molecule has 1 amide bonds. The van der Waals surface area contributed by atoms with Crippen molar-refractivity contribution in [3.05, 3.63) is 47.4 Å². The number of likely N-dealkylation sites (tertiary alicyclic amines) is 1. The minimum Gasteiger partial charge on any atom is -0.459 e. The highest BCUT2D eigenvalue weighted by molar-refractivity contribution is 5.91. The van der Waals surface area contributed by atoms with Gasteiger partial charge in [0.2, 0.25) is 0 Å². The van der Waals surface area contributed by atoms with Crippen LogP contribution in [0.2, 0.25) is 0 Å². The molecule has 140 valence electrons. The van der Waals surface area contributed by atoms with Crippen LogP contribution in [0.25, 0.3) is 0 Å². The van der Waals surface area contributed by atoms with Crippen LogP contribution in [0.15, 0.2) is 29.0 Å². The molecule has 1 aliphatic heterocycles. The number of furan rings is 1. The predicted molar refractivity (Wildman–Crippen MR) is 94.9 cm³/mol. The van der Waals surface area contributed by atoms with Gasteiger partial charge in [0, 0.05) is 37.9 Å². The zero-order valence-electron chi connectivity index (χ0n) is 15.3. The van der Waals surface area contributed by atoms with Crippen molar-refractivity contribution < 1.29 is 18.7 Å². The quantitative estimate of drug-likeness (QED) is 0.707. The van der Waals surface area contributed by atoms with E-state index in [2.05, 4.69) is 9.97 Å². The number of hydrogen-bond donors (Lipinski definition) is 0. The number of amides is 1. The van der Waals surface area contributed by atoms with Gasteiger partial charge in [-0.3, -0.25) is 4.79 Å². The van der Waals surface area contributed by atoms with Gasteiger partial charge in [-0.15, -0.1) is 0 Å². The van der Waals surface area contributed by atoms with E-state index >= 15 is 0 Å². The van der Waals surface area contributed by atoms with Gasteiger partial charge in [-0.2, -0.15) is 0 Å². The molecule has 2 aromatic heterocycles. The minimum absolute atomic E-state index is 0.0459. The van der Waals surface area contributed by atoms with Crippen molar-refractivity contribution in [1.82, 2.24) is 14.9 Å². The third kappa shape index (κ3) is 4.47. The molecule has 7 heteroatoms. The molecule has 0 spiro atoms. The molecule has 0 aromatic carbocycles. The van der Waals surface area contributed by atoms with Crippen LogP contribution >= 0.6 is 0 Å². The zero-order valence-corrected chi connectivity index (χ0v) is 15.3. The van der Waals surface area contributed by atoms with E-state index in [1.165, 1.54) is 6.26 Å². The molecule has 1 aliphatic rings. The predicted octanol–water partition coefficient (Wildman–Crippen LogP) is 2.56. The first-order valence-corrected chi connectivity index (χ1v) is 8.91. The first-order valence-electron chi connectivity index (χ1n) is 8.91. The summed E-state index contributed by atoms with van der Waals surface area (Å²) in [6, 6.07) is 3.44. The average Bonchev–Trinajstić information content (AvgIpc) is 3.20. The van der Waals surface area contributed by atoms with Gasteiger partial charge in [0.05, 0.1) is 31.8 Å². The fourth-order valence-corrected chi connectivity index (χ4v) is 3.21. The number of nitrogens with zero attached hydrogens (tertiary/aromatic N) is 3. The summed E-state index contributed by atoms with van der Waals surface area (Å²) in [6.45, 7) is 4.86. The molecule has 0 N–H and O–H groups in total. The normalized spacial score (nSPS) is 15.4. The van der Waals surface area contributed by atoms with Crippen molar-refractivity contribution >= 4 is 5.91 Å². The molecule has 7 nitrogen and oxygen atoms in total. The number of hydrogen-bond acceptors (Lipinski definition) is 6. The minimum atomic E-state index is -0.0459. The summed E-state index contributed by atoms with van der Waals surface area (Å²) in [4.78, 5) is 23.2. The maximum absolute atomic E-state index is 12.4. The lowest BCUT2D eigenvalue weighted by atomic mass is 9.90. The third-order valence-electron chi connectivity index (χ3n) is 4.61. The highest BCUT2D eigenvalue weighted by Crippen LogP contribution is 2.30. The first kappa shape index (κ1) is 18.5. The van der Waals surface area contributed by atoms with Crippen molar-refractivity contribution in [3.63, 3.8) is 0 Å². The third-order valence-corrected chi connectivity index (χ3v) is 4.61. The molecule has 0 saturated carbocycles. The monoisotopic (exact) mass is 359 g/mol. The average molecular weight is 359 g/mol. The Morgan fingerprint density at radius 3 is 2.85 bits per heavy atom. The molecule has 0 unspecified atom stereocenters. The summed E-state index contributed by atoms with van der Waals surface area (Å²) in [6.07, 6.45) is 5.12. The van der Waals surface area contributed by atoms with Crippen LogP contribution < -0.4 is 0 Å². The highest BCUT2D eigenvalue weighted by Gasteiger charge is 2.28. The summed E-state index contributed by atoms with van der Waals surface area (Å²) < 4.78 is 15.9. The molecular formula is C19H25N3O4. The highest BCUT2D eigenvalue weighted by atomic mass is 16.5. The maximum Gasteiger partial charge on any atom is 0.289 e. The summed E-state index contributed by atoms with van der Waals surface area (Å²) in [7, 11) is 1.65. The van der Waals surface area contributed by atoms with Crippen LogP contribution in [0.1, 0.15) is 46.4 Å². The first-order chi connectivity index (χ1) is 12.7. The molecule has 0 radical (unpaired) electrons. The van der Waals surface area contributed by atoms with E-state index in [0.717, 1.165) is 29.9 Å². The molecule has 0 bridgehead atoms. The molecule has 1 saturated heterocycles. The van der Waals surface area contributed by atoms with E-state index in [1.807, 2.05) is 18.0 Å². The Morgan fingerprint density at radius 2 is 2.15 bits per heavy atom. The van der Waals surface area contributed by atoms with Gasteiger partial charge < -0.3 is 18.8 Å². The Labute approximate surface area is 153 Å². The smallest absolute Gasteiger partial charge is 0.289 e. The zero-order chi connectivity index (χ0) is 18.4. The number of ether oxygens (including phenoxy) is 2. The number of methoxy groups -OCH3 is 1. The van der Waals surface area contributed by atoms with Gasteiger partial charge in [-0.05, 0) is 31.9 Å². The standard InChI is InChI=1S/C19H25N3O4/c1-14-20-12-16(13-25-11-10-24-2)18(21-14)15-5-7-22(8-6-15)19(23)17-4-3-9-26-17/h3-4,9,12,15H,5-8,10-11,13H2,1-2H3. The second kappa shape index (κ2) is 8.91. The molecular weight excluding hydrogens is 334 g/mol. The van der Waals surface area contributed by atoms with Crippen LogP contribution in [-0.2, 0) is 16.1 Å². The van der Waals surface area contributed by atoms with E-state index in [1.54, 1.807) is 19.2 Å². The Hall–Kier alpha value is -2.25. The van der Waals surface area contributed by atoms with Crippen LogP contribution in [0, 0.1) is 6.92 Å². The lowest BCUT2D eigenvalue weighted by Gasteiger charge is -2.32. The summed E-state index contributed by atoms with van der Waals surface area (Å²) in [5, 5.41) is 0. The number of aromatic nitrogens is 2. The van der Waals surface area contributed by atoms with Crippen LogP contribution in [0.3, 0.4) is 0 Å². The molecule has 0 atom stereocenters. The number of rotatable bonds is 7. The Bertz CT molecular complexity index is 710. The number of carbonyl (C=O) groups excluding carboxylic acids is 1. The summed E-state index contributed by atoms with van der Waals surface area (Å²) in [5.74, 6) is 1.41. The molecule has 3 heterocycles. The SMILES string of the molecule is COCCOCc1cnc(C)nc1C1CCN(C(=O)c2ccco2)CC1. The van der Waals surface area contributed by atoms with Crippen molar-refractivity contribution in [2.75, 3.05) is 33.4 Å². The summed E-state index contributed by atoms with van der Waals surface area (Å²) in [5.41, 5.74) is 2.06. The van der Waals surface area contributed by atoms with Crippen LogP contribution in [-0.4, -0.2) is 54.2 Å². The number of aryl methyl sites for hydroxylation is 1.